The monoisotopic (exact) mass is 1520 g/mol. The summed E-state index contributed by atoms with van der Waals surface area (Å²) >= 11 is 10.5. The fraction of sp³-hybridized carbons (Fsp3) is 0.113. The van der Waals surface area contributed by atoms with Crippen LogP contribution in [0.4, 0.5) is 29.0 Å². The molecule has 3 heterocycles. The number of benzene rings is 8. The third-order valence-electron chi connectivity index (χ3n) is 14.7. The summed E-state index contributed by atoms with van der Waals surface area (Å²) in [6, 6.07) is 59.7. The summed E-state index contributed by atoms with van der Waals surface area (Å²) in [5.74, 6) is -3.15. The van der Waals surface area contributed by atoms with E-state index >= 15 is 0 Å². The summed E-state index contributed by atoms with van der Waals surface area (Å²) in [6.45, 7) is 23.8. The second-order valence-electron chi connectivity index (χ2n) is 22.4. The third-order valence-corrected chi connectivity index (χ3v) is 15.1. The number of aromatic amines is 3. The highest BCUT2D eigenvalue weighted by Crippen LogP contribution is 2.28. The number of anilines is 2. The van der Waals surface area contributed by atoms with Crippen LogP contribution in [0.5, 0.6) is 0 Å². The highest BCUT2D eigenvalue weighted by molar-refractivity contribution is 6.68. The summed E-state index contributed by atoms with van der Waals surface area (Å²) in [7, 11) is 3.89. The number of H-pyrrole nitrogens is 3. The molecule has 0 aliphatic carbocycles. The number of esters is 3. The molecule has 3 aromatic heterocycles. The number of carbonyl (C=O) groups is 8. The number of aryl methyl sites for hydroxylation is 1. The van der Waals surface area contributed by atoms with Crippen molar-refractivity contribution >= 4 is 98.5 Å². The average molecular weight is 1520 g/mol. The molecule has 0 saturated carbocycles. The van der Waals surface area contributed by atoms with Crippen LogP contribution in [-0.2, 0) is 60.9 Å². The molecule has 8 aromatic carbocycles. The molecule has 0 fully saturated rings. The fourth-order valence-electron chi connectivity index (χ4n) is 9.58. The van der Waals surface area contributed by atoms with Crippen molar-refractivity contribution in [3.63, 3.8) is 0 Å². The van der Waals surface area contributed by atoms with E-state index in [0.717, 1.165) is 16.7 Å². The molecule has 0 bridgehead atoms. The van der Waals surface area contributed by atoms with Crippen LogP contribution in [0.1, 0.15) is 85.4 Å². The van der Waals surface area contributed by atoms with Crippen LogP contribution in [0.15, 0.2) is 227 Å². The molecule has 0 unspecified atom stereocenters. The zero-order valence-corrected chi connectivity index (χ0v) is 60.3. The molecule has 0 radical (unpaired) electrons. The van der Waals surface area contributed by atoms with Crippen molar-refractivity contribution in [3.05, 3.63) is 339 Å². The van der Waals surface area contributed by atoms with Gasteiger partial charge in [0.2, 0.25) is 11.9 Å². The second-order valence-corrected chi connectivity index (χ2v) is 23.1. The van der Waals surface area contributed by atoms with Gasteiger partial charge in [-0.3, -0.25) is 38.4 Å². The maximum absolute atomic E-state index is 12.2. The number of nitrogens with zero attached hydrogens (tertiary/aromatic N) is 6. The van der Waals surface area contributed by atoms with E-state index in [1.807, 2.05) is 60.7 Å². The van der Waals surface area contributed by atoms with Crippen LogP contribution >= 0.6 is 23.2 Å². The van der Waals surface area contributed by atoms with Crippen LogP contribution < -0.4 is 27.3 Å². The van der Waals surface area contributed by atoms with Crippen molar-refractivity contribution in [2.75, 3.05) is 32.0 Å². The smallest absolute Gasteiger partial charge is 0.337 e. The van der Waals surface area contributed by atoms with Gasteiger partial charge in [0.25, 0.3) is 44.2 Å². The predicted molar refractivity (Wildman–Crippen MR) is 410 cm³/mol. The molecule has 0 amide bonds. The quantitative estimate of drug-likeness (QED) is 0.0152. The molecular weight excluding hydrogens is 1460 g/mol. The lowest BCUT2D eigenvalue weighted by molar-refractivity contribution is -0.140. The van der Waals surface area contributed by atoms with Crippen molar-refractivity contribution in [3.8, 4) is 33.8 Å². The van der Waals surface area contributed by atoms with Crippen LogP contribution in [0.25, 0.3) is 48.3 Å². The van der Waals surface area contributed by atoms with Gasteiger partial charge in [-0.1, -0.05) is 170 Å². The normalized spacial score (nSPS) is 9.85. The first-order valence-corrected chi connectivity index (χ1v) is 32.9. The summed E-state index contributed by atoms with van der Waals surface area (Å²) in [5.41, 5.74) is 6.60. The average Bonchev–Trinajstić information content (AvgIpc) is 0.820. The van der Waals surface area contributed by atoms with Gasteiger partial charge in [-0.2, -0.15) is 0 Å². The van der Waals surface area contributed by atoms with Crippen molar-refractivity contribution < 1.29 is 67.9 Å². The first kappa shape index (κ1) is 84.2. The topological polar surface area (TPSA) is 399 Å². The summed E-state index contributed by atoms with van der Waals surface area (Å²) in [4.78, 5) is 153. The molecule has 556 valence electrons. The number of carbonyl (C=O) groups excluding carboxylic acids is 5. The SMILES string of the molecule is COC(=O)Cc1cccc(C(=O)Cl)c1.COC(=O)Cc1cccc(C(=O)O)c1.COC(=O)c1cccc(C(=O)Cl)c1.[C-]#[N+]c1c(-c2ccccc2)nc(C)[nH]c1=O.[C-]#[N+]c1c(-c2ccccc2)nc(NCc2cccc(C(=O)O)c2)[nH]c1=O.[C-]#[N+]c1c(-c2ccccc2)nc(NCc2cccc(CC(=O)O)c2)[nH]c1=O. The van der Waals surface area contributed by atoms with E-state index in [1.54, 1.807) is 128 Å². The van der Waals surface area contributed by atoms with Crippen molar-refractivity contribution in [1.82, 2.24) is 29.9 Å². The molecule has 0 saturated heterocycles. The van der Waals surface area contributed by atoms with Crippen LogP contribution in [0.3, 0.4) is 0 Å². The number of nitrogens with one attached hydrogen (secondary N) is 5. The molecule has 0 aliphatic heterocycles. The number of aromatic nitrogens is 6. The van der Waals surface area contributed by atoms with E-state index in [2.05, 4.69) is 69.3 Å². The van der Waals surface area contributed by atoms with E-state index in [9.17, 15) is 52.7 Å². The highest BCUT2D eigenvalue weighted by Gasteiger charge is 2.18. The summed E-state index contributed by atoms with van der Waals surface area (Å²) in [6.07, 6.45) is 0.187. The van der Waals surface area contributed by atoms with Crippen molar-refractivity contribution in [1.29, 1.82) is 0 Å². The first-order valence-electron chi connectivity index (χ1n) is 32.2. The van der Waals surface area contributed by atoms with Crippen molar-refractivity contribution in [2.45, 2.75) is 39.3 Å². The number of methoxy groups -OCH3 is 3. The largest absolute Gasteiger partial charge is 0.481 e. The lowest BCUT2D eigenvalue weighted by atomic mass is 10.1. The van der Waals surface area contributed by atoms with Gasteiger partial charge in [0.15, 0.2) is 0 Å². The number of hydrogen-bond acceptors (Lipinski definition) is 19. The Morgan fingerprint density at radius 1 is 0.400 bits per heavy atom. The van der Waals surface area contributed by atoms with Gasteiger partial charge in [-0.05, 0) is 117 Å². The van der Waals surface area contributed by atoms with Crippen LogP contribution in [0, 0.1) is 26.6 Å². The Balaban J connectivity index is 0.000000212. The molecule has 0 aliphatic rings. The Hall–Kier alpha value is -14.8. The number of halogens is 2. The molecule has 28 nitrogen and oxygen atoms in total. The highest BCUT2D eigenvalue weighted by atomic mass is 35.5. The maximum Gasteiger partial charge on any atom is 0.337 e. The minimum absolute atomic E-state index is 0.0387. The predicted octanol–water partition coefficient (Wildman–Crippen LogP) is 13.6. The van der Waals surface area contributed by atoms with Gasteiger partial charge in [0, 0.05) is 24.2 Å². The van der Waals surface area contributed by atoms with Crippen LogP contribution in [-0.4, -0.2) is 113 Å². The molecule has 30 heteroatoms. The Bertz CT molecular complexity index is 5390. The van der Waals surface area contributed by atoms with Gasteiger partial charge in [-0.15, -0.1) is 0 Å². The van der Waals surface area contributed by atoms with Gasteiger partial charge >= 0.3 is 35.8 Å². The van der Waals surface area contributed by atoms with E-state index in [1.165, 1.54) is 51.7 Å². The standard InChI is InChI=1S/C20H16N4O3.C19H14N4O3.C12H9N3O.C10H9ClO3.C10H10O4.C9H7ClO3/c1-21-18-17(15-8-3-2-4-9-15)23-20(24-19(18)27)22-12-14-7-5-6-13(10-14)11-16(25)26;1-20-16-15(13-7-3-2-4-8-13)22-19(23-17(16)24)21-11-12-6-5-9-14(10-12)18(25)26;1-8-14-10(9-6-4-3-5-7-9)11(13-2)12(16)15-8;1-14-9(12)6-7-3-2-4-8(5-7)10(11)13;1-14-9(11)6-7-3-2-4-8(5-7)10(12)13;1-13-9(12)7-4-2-3-6(5-7)8(10)11/h2-10H,11-12H2,(H,25,26)(H2,22,23,24,27);2-10H,11H2,(H,25,26)(H2,21,22,23,24);3-7H,1H3,(H,14,15,16);2-5H,6H2,1H3;2-5H,6H2,1H3,(H,12,13);2-5H,1H3. The third kappa shape index (κ3) is 26.4. The number of aliphatic carboxylic acids is 1. The van der Waals surface area contributed by atoms with E-state index < -0.39 is 45.5 Å². The number of ether oxygens (including phenoxy) is 3. The molecular formula is C80H65Cl2N11O17. The Kier molecular flexibility index (Phi) is 32.8. The number of hydrogen-bond donors (Lipinski definition) is 8. The molecule has 0 atom stereocenters. The lowest BCUT2D eigenvalue weighted by Gasteiger charge is -2.10. The second kappa shape index (κ2) is 42.8. The van der Waals surface area contributed by atoms with Gasteiger partial charge in [0.1, 0.15) is 5.82 Å². The van der Waals surface area contributed by atoms with Crippen molar-refractivity contribution in [2.24, 2.45) is 0 Å². The summed E-state index contributed by atoms with van der Waals surface area (Å²) < 4.78 is 13.4. The first-order chi connectivity index (χ1) is 52.8. The minimum atomic E-state index is -1.01. The molecule has 8 N–H and O–H groups in total. The number of carboxylic acids is 3. The van der Waals surface area contributed by atoms with E-state index in [-0.39, 0.29) is 89.0 Å². The zero-order valence-electron chi connectivity index (χ0n) is 58.7. The Labute approximate surface area is 637 Å². The fourth-order valence-corrected chi connectivity index (χ4v) is 9.81. The molecule has 110 heavy (non-hydrogen) atoms. The van der Waals surface area contributed by atoms with Gasteiger partial charge in [-0.25, -0.2) is 43.9 Å². The Morgan fingerprint density at radius 3 is 1.11 bits per heavy atom. The molecule has 11 aromatic rings. The number of carboxylic acid groups (broad SMARTS) is 3. The zero-order chi connectivity index (χ0) is 80.2. The van der Waals surface area contributed by atoms with Crippen LogP contribution in [0.2, 0.25) is 0 Å². The maximum atomic E-state index is 12.2. The van der Waals surface area contributed by atoms with Gasteiger partial charge < -0.3 is 55.1 Å². The Morgan fingerprint density at radius 2 is 0.727 bits per heavy atom. The molecule has 0 spiro atoms. The van der Waals surface area contributed by atoms with E-state index in [4.69, 9.17) is 58.2 Å². The van der Waals surface area contributed by atoms with E-state index in [0.29, 0.717) is 68.4 Å². The van der Waals surface area contributed by atoms with Gasteiger partial charge in [0.05, 0.1) is 94.1 Å². The minimum Gasteiger partial charge on any atom is -0.481 e. The molecule has 11 rings (SSSR count). The number of aromatic carboxylic acids is 2. The summed E-state index contributed by atoms with van der Waals surface area (Å²) in [5, 5.41) is 31.5. The lowest BCUT2D eigenvalue weighted by Crippen LogP contribution is -2.13. The number of rotatable bonds is 20.